The van der Waals surface area contributed by atoms with Gasteiger partial charge < -0.3 is 40.0 Å². The quantitative estimate of drug-likeness (QED) is 0.478. The van der Waals surface area contributed by atoms with Crippen molar-refractivity contribution < 1.29 is 39.5 Å². The van der Waals surface area contributed by atoms with Gasteiger partial charge in [0.1, 0.15) is 30.2 Å². The van der Waals surface area contributed by atoms with Gasteiger partial charge in [-0.1, -0.05) is 0 Å². The van der Waals surface area contributed by atoms with Gasteiger partial charge in [-0.3, -0.25) is 4.79 Å². The topological polar surface area (TPSA) is 148 Å². The van der Waals surface area contributed by atoms with E-state index < -0.39 is 36.7 Å². The number of aliphatic hydroxyl groups is 3. The number of hydrogen-bond donors (Lipinski definition) is 4. The van der Waals surface area contributed by atoms with Crippen molar-refractivity contribution in [2.45, 2.75) is 37.6 Å². The average molecular weight is 326 g/mol. The summed E-state index contributed by atoms with van der Waals surface area (Å²) in [7, 11) is 0. The first-order valence-electron chi connectivity index (χ1n) is 6.74. The predicted molar refractivity (Wildman–Crippen MR) is 73.1 cm³/mol. The number of carboxylic acids is 1. The van der Waals surface area contributed by atoms with Gasteiger partial charge in [-0.2, -0.15) is 0 Å². The van der Waals surface area contributed by atoms with Crippen LogP contribution >= 0.6 is 0 Å². The fourth-order valence-electron chi connectivity index (χ4n) is 2.09. The van der Waals surface area contributed by atoms with Crippen molar-refractivity contribution in [1.82, 2.24) is 0 Å². The van der Waals surface area contributed by atoms with E-state index >= 15 is 0 Å². The van der Waals surface area contributed by atoms with Crippen molar-refractivity contribution in [2.24, 2.45) is 0 Å². The number of rotatable bonds is 4. The van der Waals surface area contributed by atoms with Gasteiger partial charge in [-0.05, 0) is 24.3 Å². The fourth-order valence-corrected chi connectivity index (χ4v) is 2.09. The van der Waals surface area contributed by atoms with Gasteiger partial charge in [0.15, 0.2) is 0 Å². The molecule has 0 saturated carbocycles. The zero-order valence-corrected chi connectivity index (χ0v) is 12.1. The van der Waals surface area contributed by atoms with E-state index in [9.17, 15) is 30.0 Å². The molecule has 5 atom stereocenters. The Bertz CT molecular complexity index is 575. The first-order chi connectivity index (χ1) is 10.8. The lowest BCUT2D eigenvalue weighted by atomic mass is 9.99. The molecule has 2 rings (SSSR count). The number of aliphatic hydroxyl groups excluding tert-OH is 3. The third kappa shape index (κ3) is 3.96. The molecule has 0 spiro atoms. The van der Waals surface area contributed by atoms with E-state index in [1.54, 1.807) is 0 Å². The minimum atomic E-state index is -1.84. The van der Waals surface area contributed by atoms with Gasteiger partial charge in [0.25, 0.3) is 0 Å². The molecule has 1 aliphatic rings. The largest absolute Gasteiger partial charge is 0.547 e. The van der Waals surface area contributed by atoms with E-state index in [4.69, 9.17) is 9.47 Å². The Balaban J connectivity index is 2.08. The normalized spacial score (nSPS) is 30.5. The summed E-state index contributed by atoms with van der Waals surface area (Å²) in [5.41, 5.74) is 0.512. The summed E-state index contributed by atoms with van der Waals surface area (Å²) in [6.45, 7) is 1.35. The minimum Gasteiger partial charge on any atom is -0.547 e. The second-order valence-electron chi connectivity index (χ2n) is 5.04. The minimum absolute atomic E-state index is 0.198. The number of carbonyl (C=O) groups is 2. The number of anilines is 1. The summed E-state index contributed by atoms with van der Waals surface area (Å²) in [5.74, 6) is -1.79. The van der Waals surface area contributed by atoms with Crippen molar-refractivity contribution in [2.75, 3.05) is 5.32 Å². The van der Waals surface area contributed by atoms with Gasteiger partial charge in [0, 0.05) is 12.6 Å². The van der Waals surface area contributed by atoms with Gasteiger partial charge in [0.2, 0.25) is 12.2 Å². The molecule has 9 heteroatoms. The number of carbonyl (C=O) groups excluding carboxylic acids is 2. The highest BCUT2D eigenvalue weighted by Gasteiger charge is 2.45. The van der Waals surface area contributed by atoms with Crippen LogP contribution in [-0.2, 0) is 14.3 Å². The number of carboxylic acid groups (broad SMARTS) is 1. The van der Waals surface area contributed by atoms with Crippen LogP contribution < -0.4 is 15.2 Å². The molecular formula is C14H16NO8-. The molecule has 1 fully saturated rings. The highest BCUT2D eigenvalue weighted by Crippen LogP contribution is 2.25. The molecule has 1 aliphatic heterocycles. The summed E-state index contributed by atoms with van der Waals surface area (Å²) >= 11 is 0. The molecule has 1 heterocycles. The Morgan fingerprint density at radius 2 is 1.74 bits per heavy atom. The molecule has 0 aromatic heterocycles. The number of amides is 1. The zero-order chi connectivity index (χ0) is 17.1. The van der Waals surface area contributed by atoms with E-state index in [0.29, 0.717) is 5.69 Å². The van der Waals surface area contributed by atoms with Crippen LogP contribution in [-0.4, -0.2) is 57.9 Å². The molecule has 1 saturated heterocycles. The average Bonchev–Trinajstić information content (AvgIpc) is 2.48. The summed E-state index contributed by atoms with van der Waals surface area (Å²) in [6, 6.07) is 5.94. The van der Waals surface area contributed by atoms with Crippen molar-refractivity contribution in [3.8, 4) is 5.75 Å². The van der Waals surface area contributed by atoms with Crippen LogP contribution in [0.2, 0.25) is 0 Å². The van der Waals surface area contributed by atoms with E-state index in [-0.39, 0.29) is 11.7 Å². The van der Waals surface area contributed by atoms with Crippen molar-refractivity contribution in [3.05, 3.63) is 24.3 Å². The zero-order valence-electron chi connectivity index (χ0n) is 12.1. The summed E-state index contributed by atoms with van der Waals surface area (Å²) in [4.78, 5) is 21.8. The molecule has 1 aromatic rings. The molecule has 0 radical (unpaired) electrons. The Labute approximate surface area is 131 Å². The van der Waals surface area contributed by atoms with Crippen LogP contribution in [0.1, 0.15) is 6.92 Å². The Kier molecular flexibility index (Phi) is 5.16. The molecule has 0 bridgehead atoms. The summed E-state index contributed by atoms with van der Waals surface area (Å²) in [5, 5.41) is 42.4. The molecule has 1 aromatic carbocycles. The predicted octanol–water partition coefficient (Wildman–Crippen LogP) is -2.42. The van der Waals surface area contributed by atoms with Gasteiger partial charge in [-0.25, -0.2) is 0 Å². The number of benzene rings is 1. The highest BCUT2D eigenvalue weighted by atomic mass is 16.7. The third-order valence-corrected chi connectivity index (χ3v) is 3.23. The monoisotopic (exact) mass is 326 g/mol. The van der Waals surface area contributed by atoms with Crippen molar-refractivity contribution >= 4 is 17.6 Å². The van der Waals surface area contributed by atoms with E-state index in [0.717, 1.165) is 0 Å². The van der Waals surface area contributed by atoms with Crippen LogP contribution in [0.5, 0.6) is 5.75 Å². The standard InChI is InChI=1S/C14H17NO8/c1-6(16)15-7-2-4-8(5-3-7)22-14-11(19)9(17)10(18)12(23-14)13(20)21/h2-5,9-12,14,17-19H,1H3,(H,15,16)(H,20,21)/p-1/t9-,10+,11+,12-,14+/m1/s1. The second-order valence-corrected chi connectivity index (χ2v) is 5.04. The summed E-state index contributed by atoms with van der Waals surface area (Å²) < 4.78 is 10.2. The maximum atomic E-state index is 10.9. The van der Waals surface area contributed by atoms with Gasteiger partial charge >= 0.3 is 0 Å². The van der Waals surface area contributed by atoms with Crippen LogP contribution in [0.25, 0.3) is 0 Å². The lowest BCUT2D eigenvalue weighted by Crippen LogP contribution is -2.63. The Hall–Kier alpha value is -2.20. The molecule has 0 aliphatic carbocycles. The van der Waals surface area contributed by atoms with Crippen molar-refractivity contribution in [1.29, 1.82) is 0 Å². The fraction of sp³-hybridized carbons (Fsp3) is 0.429. The van der Waals surface area contributed by atoms with E-state index in [1.807, 2.05) is 0 Å². The maximum Gasteiger partial charge on any atom is 0.229 e. The smallest absolute Gasteiger partial charge is 0.229 e. The van der Waals surface area contributed by atoms with E-state index in [2.05, 4.69) is 5.32 Å². The third-order valence-electron chi connectivity index (χ3n) is 3.23. The number of aliphatic carboxylic acids is 1. The summed E-state index contributed by atoms with van der Waals surface area (Å²) in [6.07, 6.45) is -8.61. The number of ether oxygens (including phenoxy) is 2. The molecule has 4 N–H and O–H groups in total. The van der Waals surface area contributed by atoms with Gasteiger partial charge in [-0.15, -0.1) is 0 Å². The van der Waals surface area contributed by atoms with Crippen molar-refractivity contribution in [3.63, 3.8) is 0 Å². The lowest BCUT2D eigenvalue weighted by molar-refractivity contribution is -0.342. The molecule has 126 valence electrons. The first-order valence-corrected chi connectivity index (χ1v) is 6.74. The second kappa shape index (κ2) is 6.92. The number of hydrogen-bond acceptors (Lipinski definition) is 8. The lowest BCUT2D eigenvalue weighted by Gasteiger charge is -2.40. The molecule has 23 heavy (non-hydrogen) atoms. The van der Waals surface area contributed by atoms with Crippen LogP contribution in [0.15, 0.2) is 24.3 Å². The van der Waals surface area contributed by atoms with E-state index in [1.165, 1.54) is 31.2 Å². The number of nitrogens with one attached hydrogen (secondary N) is 1. The molecular weight excluding hydrogens is 310 g/mol. The Morgan fingerprint density at radius 1 is 1.13 bits per heavy atom. The molecule has 1 amide bonds. The van der Waals surface area contributed by atoms with Gasteiger partial charge in [0.05, 0.1) is 5.97 Å². The highest BCUT2D eigenvalue weighted by molar-refractivity contribution is 5.88. The maximum absolute atomic E-state index is 10.9. The van der Waals surface area contributed by atoms with Crippen LogP contribution in [0.4, 0.5) is 5.69 Å². The molecule has 9 nitrogen and oxygen atoms in total. The Morgan fingerprint density at radius 3 is 2.26 bits per heavy atom. The SMILES string of the molecule is CC(=O)Nc1ccc(O[C@H]2O[C@@H](C(=O)[O-])[C@@H](O)[C@@H](O)[C@@H]2O)cc1. The first kappa shape index (κ1) is 17.2. The molecule has 0 unspecified atom stereocenters. The van der Waals surface area contributed by atoms with Crippen LogP contribution in [0, 0.1) is 0 Å². The van der Waals surface area contributed by atoms with Crippen LogP contribution in [0.3, 0.4) is 0 Å².